The second-order valence-corrected chi connectivity index (χ2v) is 5.95. The van der Waals surface area contributed by atoms with Crippen LogP contribution in [0.2, 0.25) is 0 Å². The van der Waals surface area contributed by atoms with Crippen LogP contribution in [0.1, 0.15) is 42.6 Å². The summed E-state index contributed by atoms with van der Waals surface area (Å²) in [7, 11) is 4.13. The summed E-state index contributed by atoms with van der Waals surface area (Å²) in [6.45, 7) is 6.62. The molecule has 0 fully saturated rings. The minimum atomic E-state index is 0.329. The molecule has 2 unspecified atom stereocenters. The first-order valence-electron chi connectivity index (χ1n) is 7.58. The van der Waals surface area contributed by atoms with E-state index in [1.54, 1.807) is 0 Å². The standard InChI is InChI=1S/C19H26N2/c1-14-8-6-7-9-19(14)16(3)20-15(2)17-10-12-18(13-11-17)21(4)5/h6-13,15-16,20H,1-5H3. The molecule has 2 rings (SSSR count). The molecule has 0 aliphatic carbocycles. The van der Waals surface area contributed by atoms with Crippen molar-refractivity contribution in [3.63, 3.8) is 0 Å². The fourth-order valence-electron chi connectivity index (χ4n) is 2.69. The molecule has 0 amide bonds. The molecular weight excluding hydrogens is 256 g/mol. The van der Waals surface area contributed by atoms with Crippen LogP contribution in [0.5, 0.6) is 0 Å². The number of anilines is 1. The third-order valence-electron chi connectivity index (χ3n) is 4.06. The molecule has 0 aliphatic heterocycles. The van der Waals surface area contributed by atoms with E-state index in [-0.39, 0.29) is 0 Å². The van der Waals surface area contributed by atoms with Gasteiger partial charge in [-0.1, -0.05) is 36.4 Å². The van der Waals surface area contributed by atoms with Gasteiger partial charge in [-0.15, -0.1) is 0 Å². The predicted octanol–water partition coefficient (Wildman–Crippen LogP) is 4.47. The molecule has 0 bridgehead atoms. The molecule has 0 spiro atoms. The number of benzene rings is 2. The summed E-state index contributed by atoms with van der Waals surface area (Å²) >= 11 is 0. The van der Waals surface area contributed by atoms with Gasteiger partial charge in [-0.2, -0.15) is 0 Å². The van der Waals surface area contributed by atoms with E-state index in [0.717, 1.165) is 0 Å². The zero-order valence-corrected chi connectivity index (χ0v) is 13.7. The maximum atomic E-state index is 3.69. The van der Waals surface area contributed by atoms with Gasteiger partial charge in [-0.3, -0.25) is 0 Å². The van der Waals surface area contributed by atoms with Crippen molar-refractivity contribution in [2.24, 2.45) is 0 Å². The summed E-state index contributed by atoms with van der Waals surface area (Å²) in [5.74, 6) is 0. The van der Waals surface area contributed by atoms with Crippen LogP contribution in [-0.4, -0.2) is 14.1 Å². The van der Waals surface area contributed by atoms with Gasteiger partial charge < -0.3 is 10.2 Å². The molecule has 2 nitrogen and oxygen atoms in total. The largest absolute Gasteiger partial charge is 0.378 e. The quantitative estimate of drug-likeness (QED) is 0.870. The second-order valence-electron chi connectivity index (χ2n) is 5.95. The first-order chi connectivity index (χ1) is 9.99. The van der Waals surface area contributed by atoms with Crippen molar-refractivity contribution in [2.75, 3.05) is 19.0 Å². The van der Waals surface area contributed by atoms with Crippen LogP contribution in [0, 0.1) is 6.92 Å². The summed E-state index contributed by atoms with van der Waals surface area (Å²) in [6, 6.07) is 18.0. The van der Waals surface area contributed by atoms with Crippen molar-refractivity contribution < 1.29 is 0 Å². The Morgan fingerprint density at radius 2 is 1.48 bits per heavy atom. The van der Waals surface area contributed by atoms with Crippen molar-refractivity contribution in [1.29, 1.82) is 0 Å². The molecular formula is C19H26N2. The molecule has 21 heavy (non-hydrogen) atoms. The van der Waals surface area contributed by atoms with Crippen molar-refractivity contribution in [2.45, 2.75) is 32.9 Å². The van der Waals surface area contributed by atoms with Crippen LogP contribution >= 0.6 is 0 Å². The highest BCUT2D eigenvalue weighted by molar-refractivity contribution is 5.46. The lowest BCUT2D eigenvalue weighted by Gasteiger charge is -2.23. The van der Waals surface area contributed by atoms with Crippen molar-refractivity contribution in [1.82, 2.24) is 5.32 Å². The zero-order chi connectivity index (χ0) is 15.4. The highest BCUT2D eigenvalue weighted by atomic mass is 15.1. The monoisotopic (exact) mass is 282 g/mol. The van der Waals surface area contributed by atoms with Crippen LogP contribution in [0.15, 0.2) is 48.5 Å². The summed E-state index contributed by atoms with van der Waals surface area (Å²) in [5.41, 5.74) is 5.26. The van der Waals surface area contributed by atoms with Crippen molar-refractivity contribution >= 4 is 5.69 Å². The van der Waals surface area contributed by atoms with Crippen molar-refractivity contribution in [3.8, 4) is 0 Å². The van der Waals surface area contributed by atoms with E-state index in [0.29, 0.717) is 12.1 Å². The second kappa shape index (κ2) is 6.77. The number of rotatable bonds is 5. The zero-order valence-electron chi connectivity index (χ0n) is 13.7. The molecule has 112 valence electrons. The molecule has 2 atom stereocenters. The van der Waals surface area contributed by atoms with E-state index >= 15 is 0 Å². The first-order valence-corrected chi connectivity index (χ1v) is 7.58. The van der Waals surface area contributed by atoms with Crippen LogP contribution in [-0.2, 0) is 0 Å². The Balaban J connectivity index is 2.07. The molecule has 0 heterocycles. The Kier molecular flexibility index (Phi) is 5.03. The SMILES string of the molecule is Cc1ccccc1C(C)NC(C)c1ccc(N(C)C)cc1. The molecule has 0 saturated heterocycles. The van der Waals surface area contributed by atoms with Crippen LogP contribution in [0.3, 0.4) is 0 Å². The Hall–Kier alpha value is -1.80. The Bertz CT molecular complexity index is 572. The van der Waals surface area contributed by atoms with Crippen LogP contribution < -0.4 is 10.2 Å². The Morgan fingerprint density at radius 1 is 0.857 bits per heavy atom. The lowest BCUT2D eigenvalue weighted by atomic mass is 10.0. The third-order valence-corrected chi connectivity index (χ3v) is 4.06. The van der Waals surface area contributed by atoms with Gasteiger partial charge in [0.25, 0.3) is 0 Å². The van der Waals surface area contributed by atoms with Gasteiger partial charge in [-0.05, 0) is 49.6 Å². The predicted molar refractivity (Wildman–Crippen MR) is 91.9 cm³/mol. The summed E-state index contributed by atoms with van der Waals surface area (Å²) in [5, 5.41) is 3.69. The molecule has 0 aliphatic rings. The van der Waals surface area contributed by atoms with Gasteiger partial charge in [0.2, 0.25) is 0 Å². The van der Waals surface area contributed by atoms with Gasteiger partial charge in [0.05, 0.1) is 0 Å². The van der Waals surface area contributed by atoms with E-state index < -0.39 is 0 Å². The van der Waals surface area contributed by atoms with Gasteiger partial charge >= 0.3 is 0 Å². The van der Waals surface area contributed by atoms with Gasteiger partial charge in [-0.25, -0.2) is 0 Å². The highest BCUT2D eigenvalue weighted by Gasteiger charge is 2.12. The molecule has 2 aromatic carbocycles. The van der Waals surface area contributed by atoms with Crippen molar-refractivity contribution in [3.05, 3.63) is 65.2 Å². The average molecular weight is 282 g/mol. The van der Waals surface area contributed by atoms with Gasteiger partial charge in [0.1, 0.15) is 0 Å². The number of hydrogen-bond acceptors (Lipinski definition) is 2. The third kappa shape index (κ3) is 3.85. The summed E-state index contributed by atoms with van der Waals surface area (Å²) in [4.78, 5) is 2.12. The fourth-order valence-corrected chi connectivity index (χ4v) is 2.69. The highest BCUT2D eigenvalue weighted by Crippen LogP contribution is 2.23. The number of hydrogen-bond donors (Lipinski definition) is 1. The van der Waals surface area contributed by atoms with Crippen LogP contribution in [0.4, 0.5) is 5.69 Å². The minimum Gasteiger partial charge on any atom is -0.378 e. The van der Waals surface area contributed by atoms with E-state index in [2.05, 4.69) is 93.6 Å². The first kappa shape index (κ1) is 15.6. The molecule has 1 N–H and O–H groups in total. The summed E-state index contributed by atoms with van der Waals surface area (Å²) < 4.78 is 0. The van der Waals surface area contributed by atoms with E-state index in [1.165, 1.54) is 22.4 Å². The molecule has 2 aromatic rings. The normalized spacial score (nSPS) is 13.8. The molecule has 0 aromatic heterocycles. The maximum Gasteiger partial charge on any atom is 0.0361 e. The van der Waals surface area contributed by atoms with E-state index in [1.807, 2.05) is 0 Å². The molecule has 0 radical (unpaired) electrons. The molecule has 0 saturated carbocycles. The lowest BCUT2D eigenvalue weighted by Crippen LogP contribution is -2.23. The van der Waals surface area contributed by atoms with E-state index in [9.17, 15) is 0 Å². The Labute approximate surface area is 128 Å². The number of nitrogens with one attached hydrogen (secondary N) is 1. The number of nitrogens with zero attached hydrogens (tertiary/aromatic N) is 1. The minimum absolute atomic E-state index is 0.329. The fraction of sp³-hybridized carbons (Fsp3) is 0.368. The topological polar surface area (TPSA) is 15.3 Å². The smallest absolute Gasteiger partial charge is 0.0361 e. The lowest BCUT2D eigenvalue weighted by molar-refractivity contribution is 0.493. The summed E-state index contributed by atoms with van der Waals surface area (Å²) in [6.07, 6.45) is 0. The number of aryl methyl sites for hydroxylation is 1. The average Bonchev–Trinajstić information content (AvgIpc) is 2.47. The van der Waals surface area contributed by atoms with Crippen LogP contribution in [0.25, 0.3) is 0 Å². The maximum absolute atomic E-state index is 3.69. The van der Waals surface area contributed by atoms with Gasteiger partial charge in [0.15, 0.2) is 0 Å². The van der Waals surface area contributed by atoms with E-state index in [4.69, 9.17) is 0 Å². The Morgan fingerprint density at radius 3 is 2.05 bits per heavy atom. The molecule has 2 heteroatoms. The van der Waals surface area contributed by atoms with Gasteiger partial charge in [0, 0.05) is 31.9 Å².